The minimum absolute atomic E-state index is 0.227. The zero-order valence-electron chi connectivity index (χ0n) is 10.9. The van der Waals surface area contributed by atoms with Gasteiger partial charge in [-0.25, -0.2) is 4.98 Å². The van der Waals surface area contributed by atoms with Crippen molar-refractivity contribution >= 4 is 40.2 Å². The van der Waals surface area contributed by atoms with E-state index < -0.39 is 5.97 Å². The van der Waals surface area contributed by atoms with E-state index in [4.69, 9.17) is 28.3 Å². The number of aryl methyl sites for hydroxylation is 1. The third-order valence-electron chi connectivity index (χ3n) is 3.13. The number of nitrogens with zero attached hydrogens (tertiary/aromatic N) is 4. The second kappa shape index (κ2) is 5.05. The van der Waals surface area contributed by atoms with Crippen molar-refractivity contribution in [2.45, 2.75) is 6.54 Å². The third kappa shape index (κ3) is 2.36. The molecule has 0 radical (unpaired) electrons. The lowest BCUT2D eigenvalue weighted by Gasteiger charge is -2.06. The molecule has 0 amide bonds. The molecule has 0 aliphatic carbocycles. The molecule has 0 aliphatic rings. The second-order valence-corrected chi connectivity index (χ2v) is 5.32. The normalized spacial score (nSPS) is 11.2. The standard InChI is InChI=1S/C13H10Cl2N4O2/c1-18-10(2-3-16-18)13-17-9-4-7(14)8(15)5-11(9)19(13)6-12(20)21/h2-5H,6H2,1H3,(H,20,21). The highest BCUT2D eigenvalue weighted by atomic mass is 35.5. The van der Waals surface area contributed by atoms with Crippen LogP contribution in [0.3, 0.4) is 0 Å². The number of imidazole rings is 1. The van der Waals surface area contributed by atoms with E-state index in [0.717, 1.165) is 0 Å². The fourth-order valence-electron chi connectivity index (χ4n) is 2.20. The Kier molecular flexibility index (Phi) is 3.35. The van der Waals surface area contributed by atoms with Gasteiger partial charge in [-0.05, 0) is 18.2 Å². The first kappa shape index (κ1) is 13.9. The van der Waals surface area contributed by atoms with E-state index >= 15 is 0 Å². The van der Waals surface area contributed by atoms with E-state index in [2.05, 4.69) is 10.1 Å². The predicted molar refractivity (Wildman–Crippen MR) is 79.6 cm³/mol. The van der Waals surface area contributed by atoms with E-state index in [1.165, 1.54) is 0 Å². The summed E-state index contributed by atoms with van der Waals surface area (Å²) in [5.41, 5.74) is 1.91. The van der Waals surface area contributed by atoms with Crippen molar-refractivity contribution in [3.8, 4) is 11.5 Å². The number of carboxylic acids is 1. The smallest absolute Gasteiger partial charge is 0.323 e. The van der Waals surface area contributed by atoms with E-state index in [1.807, 2.05) is 0 Å². The zero-order chi connectivity index (χ0) is 15.1. The highest BCUT2D eigenvalue weighted by Gasteiger charge is 2.18. The maximum Gasteiger partial charge on any atom is 0.323 e. The highest BCUT2D eigenvalue weighted by molar-refractivity contribution is 6.42. The molecule has 0 fully saturated rings. The molecule has 1 N–H and O–H groups in total. The lowest BCUT2D eigenvalue weighted by molar-refractivity contribution is -0.137. The molecule has 0 unspecified atom stereocenters. The molecule has 0 saturated heterocycles. The molecule has 3 rings (SSSR count). The van der Waals surface area contributed by atoms with Crippen molar-refractivity contribution < 1.29 is 9.90 Å². The molecule has 1 aromatic carbocycles. The minimum atomic E-state index is -0.969. The largest absolute Gasteiger partial charge is 0.480 e. The van der Waals surface area contributed by atoms with E-state index in [0.29, 0.717) is 32.6 Å². The average molecular weight is 325 g/mol. The van der Waals surface area contributed by atoms with Crippen LogP contribution in [0.2, 0.25) is 10.0 Å². The number of carboxylic acid groups (broad SMARTS) is 1. The lowest BCUT2D eigenvalue weighted by Crippen LogP contribution is -2.11. The van der Waals surface area contributed by atoms with E-state index in [-0.39, 0.29) is 6.54 Å². The van der Waals surface area contributed by atoms with Crippen LogP contribution >= 0.6 is 23.2 Å². The zero-order valence-corrected chi connectivity index (χ0v) is 12.4. The molecule has 8 heteroatoms. The Morgan fingerprint density at radius 2 is 2.05 bits per heavy atom. The number of aliphatic carboxylic acids is 1. The number of halogens is 2. The molecular weight excluding hydrogens is 315 g/mol. The average Bonchev–Trinajstić information content (AvgIpc) is 2.95. The molecule has 0 bridgehead atoms. The van der Waals surface area contributed by atoms with Gasteiger partial charge in [-0.2, -0.15) is 5.10 Å². The van der Waals surface area contributed by atoms with Gasteiger partial charge >= 0.3 is 5.97 Å². The summed E-state index contributed by atoms with van der Waals surface area (Å²) in [7, 11) is 1.76. The molecule has 21 heavy (non-hydrogen) atoms. The summed E-state index contributed by atoms with van der Waals surface area (Å²) in [5, 5.41) is 13.9. The van der Waals surface area contributed by atoms with Crippen LogP contribution in [-0.4, -0.2) is 30.4 Å². The van der Waals surface area contributed by atoms with Crippen LogP contribution in [0, 0.1) is 0 Å². The quantitative estimate of drug-likeness (QED) is 0.804. The Morgan fingerprint density at radius 1 is 1.33 bits per heavy atom. The lowest BCUT2D eigenvalue weighted by atomic mass is 10.3. The van der Waals surface area contributed by atoms with Crippen molar-refractivity contribution in [2.24, 2.45) is 7.05 Å². The van der Waals surface area contributed by atoms with Crippen LogP contribution < -0.4 is 0 Å². The molecule has 2 aromatic heterocycles. The molecular formula is C13H10Cl2N4O2. The number of fused-ring (bicyclic) bond motifs is 1. The van der Waals surface area contributed by atoms with Crippen molar-refractivity contribution in [2.75, 3.05) is 0 Å². The summed E-state index contributed by atoms with van der Waals surface area (Å²) < 4.78 is 3.21. The molecule has 0 spiro atoms. The van der Waals surface area contributed by atoms with Crippen LogP contribution in [0.4, 0.5) is 0 Å². The Morgan fingerprint density at radius 3 is 2.67 bits per heavy atom. The molecule has 6 nitrogen and oxygen atoms in total. The summed E-state index contributed by atoms with van der Waals surface area (Å²) in [5.74, 6) is -0.463. The summed E-state index contributed by atoms with van der Waals surface area (Å²) in [6, 6.07) is 5.01. The van der Waals surface area contributed by atoms with Gasteiger partial charge < -0.3 is 9.67 Å². The van der Waals surface area contributed by atoms with Crippen LogP contribution in [-0.2, 0) is 18.4 Å². The molecule has 108 valence electrons. The first-order valence-corrected chi connectivity index (χ1v) is 6.78. The van der Waals surface area contributed by atoms with E-state index in [9.17, 15) is 4.79 Å². The molecule has 2 heterocycles. The van der Waals surface area contributed by atoms with Gasteiger partial charge in [-0.15, -0.1) is 0 Å². The minimum Gasteiger partial charge on any atom is -0.480 e. The fourth-order valence-corrected chi connectivity index (χ4v) is 2.52. The van der Waals surface area contributed by atoms with Crippen LogP contribution in [0.25, 0.3) is 22.6 Å². The molecule has 0 aliphatic heterocycles. The van der Waals surface area contributed by atoms with Crippen molar-refractivity contribution in [3.63, 3.8) is 0 Å². The van der Waals surface area contributed by atoms with Crippen molar-refractivity contribution in [3.05, 3.63) is 34.4 Å². The molecule has 3 aromatic rings. The monoisotopic (exact) mass is 324 g/mol. The Hall–Kier alpha value is -2.05. The van der Waals surface area contributed by atoms with Crippen molar-refractivity contribution in [1.29, 1.82) is 0 Å². The highest BCUT2D eigenvalue weighted by Crippen LogP contribution is 2.31. The van der Waals surface area contributed by atoms with Crippen LogP contribution in [0.5, 0.6) is 0 Å². The van der Waals surface area contributed by atoms with Gasteiger partial charge in [0.15, 0.2) is 5.82 Å². The number of benzene rings is 1. The van der Waals surface area contributed by atoms with Gasteiger partial charge in [0.2, 0.25) is 0 Å². The number of hydrogen-bond acceptors (Lipinski definition) is 3. The van der Waals surface area contributed by atoms with Gasteiger partial charge in [0.05, 0.1) is 21.1 Å². The summed E-state index contributed by atoms with van der Waals surface area (Å²) >= 11 is 12.0. The predicted octanol–water partition coefficient (Wildman–Crippen LogP) is 2.83. The van der Waals surface area contributed by atoms with Crippen molar-refractivity contribution in [1.82, 2.24) is 19.3 Å². The summed E-state index contributed by atoms with van der Waals surface area (Å²) in [6.07, 6.45) is 1.62. The number of aromatic nitrogens is 4. The number of hydrogen-bond donors (Lipinski definition) is 1. The van der Waals surface area contributed by atoms with Gasteiger partial charge in [-0.3, -0.25) is 9.48 Å². The summed E-state index contributed by atoms with van der Waals surface area (Å²) in [6.45, 7) is -0.227. The maximum absolute atomic E-state index is 11.1. The van der Waals surface area contributed by atoms with Gasteiger partial charge in [-0.1, -0.05) is 23.2 Å². The SMILES string of the molecule is Cn1nccc1-c1nc2cc(Cl)c(Cl)cc2n1CC(=O)O. The Balaban J connectivity index is 2.33. The first-order valence-electron chi connectivity index (χ1n) is 6.03. The van der Waals surface area contributed by atoms with Gasteiger partial charge in [0, 0.05) is 13.2 Å². The van der Waals surface area contributed by atoms with Crippen LogP contribution in [0.15, 0.2) is 24.4 Å². The van der Waals surface area contributed by atoms with Gasteiger partial charge in [0.25, 0.3) is 0 Å². The number of carbonyl (C=O) groups is 1. The van der Waals surface area contributed by atoms with E-state index in [1.54, 1.807) is 40.7 Å². The Labute approximate surface area is 129 Å². The van der Waals surface area contributed by atoms with Crippen LogP contribution in [0.1, 0.15) is 0 Å². The fraction of sp³-hybridized carbons (Fsp3) is 0.154. The Bertz CT molecular complexity index is 853. The maximum atomic E-state index is 11.1. The van der Waals surface area contributed by atoms with Gasteiger partial charge in [0.1, 0.15) is 12.2 Å². The second-order valence-electron chi connectivity index (χ2n) is 4.51. The first-order chi connectivity index (χ1) is 9.97. The molecule has 0 atom stereocenters. The third-order valence-corrected chi connectivity index (χ3v) is 3.86. The number of rotatable bonds is 3. The molecule has 0 saturated carbocycles. The summed E-state index contributed by atoms with van der Waals surface area (Å²) in [4.78, 5) is 15.6. The topological polar surface area (TPSA) is 72.9 Å².